The molecule has 0 spiro atoms. The minimum Gasteiger partial charge on any atom is -0.367 e. The lowest BCUT2D eigenvalue weighted by Gasteiger charge is -2.23. The van der Waals surface area contributed by atoms with Crippen LogP contribution in [0.3, 0.4) is 0 Å². The summed E-state index contributed by atoms with van der Waals surface area (Å²) in [5, 5.41) is 2.86. The molecule has 0 saturated carbocycles. The van der Waals surface area contributed by atoms with Crippen LogP contribution in [0.2, 0.25) is 0 Å². The number of hydrogen-bond donors (Lipinski definition) is 2. The fraction of sp³-hybridized carbons (Fsp3) is 0.556. The number of ether oxygens (including phenoxy) is 1. The number of rotatable bonds is 6. The molecule has 2 atom stereocenters. The topological polar surface area (TPSA) is 81.4 Å². The van der Waals surface area contributed by atoms with Crippen molar-refractivity contribution in [3.05, 3.63) is 35.4 Å². The van der Waals surface area contributed by atoms with Gasteiger partial charge in [-0.2, -0.15) is 0 Å². The van der Waals surface area contributed by atoms with E-state index in [1.807, 2.05) is 24.3 Å². The van der Waals surface area contributed by atoms with Crippen molar-refractivity contribution in [3.8, 4) is 0 Å². The molecule has 0 aromatic heterocycles. The van der Waals surface area contributed by atoms with Gasteiger partial charge in [-0.05, 0) is 42.4 Å². The van der Waals surface area contributed by atoms with E-state index in [0.29, 0.717) is 18.5 Å². The highest BCUT2D eigenvalue weighted by atomic mass is 16.5. The van der Waals surface area contributed by atoms with Gasteiger partial charge in [-0.15, -0.1) is 0 Å². The Bertz CT molecular complexity index is 566. The molecule has 1 saturated heterocycles. The molecular weight excluding hydrogens is 292 g/mol. The highest BCUT2D eigenvalue weighted by Gasteiger charge is 2.29. The number of amides is 2. The lowest BCUT2D eigenvalue weighted by atomic mass is 9.82. The number of nitrogens with one attached hydrogen (secondary N) is 1. The molecule has 1 aliphatic heterocycles. The maximum Gasteiger partial charge on any atom is 0.251 e. The fourth-order valence-electron chi connectivity index (χ4n) is 2.65. The maximum absolute atomic E-state index is 12.2. The fourth-order valence-corrected chi connectivity index (χ4v) is 2.65. The highest BCUT2D eigenvalue weighted by molar-refractivity contribution is 5.94. The molecule has 1 fully saturated rings. The van der Waals surface area contributed by atoms with Crippen LogP contribution in [0.25, 0.3) is 0 Å². The normalized spacial score (nSPS) is 21.2. The molecule has 5 nitrogen and oxygen atoms in total. The minimum absolute atomic E-state index is 0.108. The molecule has 5 heteroatoms. The average molecular weight is 318 g/mol. The van der Waals surface area contributed by atoms with Crippen molar-refractivity contribution in [2.24, 2.45) is 5.73 Å². The van der Waals surface area contributed by atoms with Crippen LogP contribution in [0.5, 0.6) is 0 Å². The van der Waals surface area contributed by atoms with Crippen LogP contribution in [0.4, 0.5) is 0 Å². The van der Waals surface area contributed by atoms with Crippen LogP contribution in [0, 0.1) is 0 Å². The lowest BCUT2D eigenvalue weighted by molar-refractivity contribution is -0.128. The average Bonchev–Trinajstić information content (AvgIpc) is 3.02. The molecule has 0 radical (unpaired) electrons. The molecule has 2 amide bonds. The van der Waals surface area contributed by atoms with E-state index >= 15 is 0 Å². The van der Waals surface area contributed by atoms with E-state index in [2.05, 4.69) is 26.1 Å². The molecule has 1 aromatic rings. The summed E-state index contributed by atoms with van der Waals surface area (Å²) in [6, 6.07) is 7.72. The van der Waals surface area contributed by atoms with E-state index in [9.17, 15) is 9.59 Å². The van der Waals surface area contributed by atoms with E-state index in [1.54, 1.807) is 0 Å². The standard InChI is InChI=1S/C18H26N2O3/c1-4-18(2,3)13-7-5-12(6-8-13)17(22)20-11-14-9-10-15(23-14)16(19)21/h5-8,14-15H,4,9-11H2,1-3H3,(H2,19,21)(H,20,22)/t14-,15+/m1/s1. The van der Waals surface area contributed by atoms with Crippen LogP contribution in [0.15, 0.2) is 24.3 Å². The van der Waals surface area contributed by atoms with Crippen LogP contribution in [0.1, 0.15) is 56.0 Å². The van der Waals surface area contributed by atoms with Crippen molar-refractivity contribution in [2.45, 2.75) is 57.7 Å². The van der Waals surface area contributed by atoms with Crippen molar-refractivity contribution in [3.63, 3.8) is 0 Å². The molecule has 1 aliphatic rings. The lowest BCUT2D eigenvalue weighted by Crippen LogP contribution is -2.34. The van der Waals surface area contributed by atoms with Crippen LogP contribution < -0.4 is 11.1 Å². The Hall–Kier alpha value is -1.88. The number of nitrogens with two attached hydrogens (primary N) is 1. The van der Waals surface area contributed by atoms with Gasteiger partial charge < -0.3 is 15.8 Å². The third-order valence-electron chi connectivity index (χ3n) is 4.73. The Labute approximate surface area is 137 Å². The molecule has 126 valence electrons. The van der Waals surface area contributed by atoms with Gasteiger partial charge in [-0.3, -0.25) is 9.59 Å². The van der Waals surface area contributed by atoms with Crippen molar-refractivity contribution in [1.29, 1.82) is 0 Å². The Kier molecular flexibility index (Phi) is 5.42. The van der Waals surface area contributed by atoms with Gasteiger partial charge in [-0.1, -0.05) is 32.9 Å². The van der Waals surface area contributed by atoms with E-state index in [4.69, 9.17) is 10.5 Å². The van der Waals surface area contributed by atoms with Crippen LogP contribution >= 0.6 is 0 Å². The number of primary amides is 1. The number of benzene rings is 1. The molecule has 0 bridgehead atoms. The molecule has 23 heavy (non-hydrogen) atoms. The Morgan fingerprint density at radius 2 is 1.91 bits per heavy atom. The summed E-state index contributed by atoms with van der Waals surface area (Å²) < 4.78 is 5.50. The largest absolute Gasteiger partial charge is 0.367 e. The predicted octanol–water partition coefficient (Wildman–Crippen LogP) is 2.14. The Balaban J connectivity index is 1.88. The summed E-state index contributed by atoms with van der Waals surface area (Å²) in [7, 11) is 0. The van der Waals surface area contributed by atoms with Gasteiger partial charge in [0.05, 0.1) is 6.10 Å². The van der Waals surface area contributed by atoms with Crippen LogP contribution in [-0.4, -0.2) is 30.6 Å². The summed E-state index contributed by atoms with van der Waals surface area (Å²) in [4.78, 5) is 23.2. The zero-order chi connectivity index (χ0) is 17.0. The minimum atomic E-state index is -0.521. The summed E-state index contributed by atoms with van der Waals surface area (Å²) in [5.41, 5.74) is 7.18. The quantitative estimate of drug-likeness (QED) is 0.843. The Morgan fingerprint density at radius 1 is 1.26 bits per heavy atom. The molecular formula is C18H26N2O3. The van der Waals surface area contributed by atoms with Gasteiger partial charge >= 0.3 is 0 Å². The van der Waals surface area contributed by atoms with Gasteiger partial charge in [0.25, 0.3) is 5.91 Å². The second-order valence-electron chi connectivity index (χ2n) is 6.75. The first-order valence-electron chi connectivity index (χ1n) is 8.17. The van der Waals surface area contributed by atoms with E-state index < -0.39 is 12.0 Å². The van der Waals surface area contributed by atoms with Gasteiger partial charge in [-0.25, -0.2) is 0 Å². The smallest absolute Gasteiger partial charge is 0.251 e. The van der Waals surface area contributed by atoms with Gasteiger partial charge in [0.2, 0.25) is 5.91 Å². The van der Waals surface area contributed by atoms with Crippen molar-refractivity contribution in [2.75, 3.05) is 6.54 Å². The summed E-state index contributed by atoms with van der Waals surface area (Å²) >= 11 is 0. The maximum atomic E-state index is 12.2. The molecule has 1 aromatic carbocycles. The van der Waals surface area contributed by atoms with Crippen LogP contribution in [-0.2, 0) is 14.9 Å². The number of carbonyl (C=O) groups excluding carboxylic acids is 2. The predicted molar refractivity (Wildman–Crippen MR) is 89.2 cm³/mol. The molecule has 1 heterocycles. The summed E-state index contributed by atoms with van der Waals surface area (Å²) in [6.45, 7) is 6.93. The zero-order valence-corrected chi connectivity index (χ0v) is 14.1. The molecule has 2 rings (SSSR count). The molecule has 3 N–H and O–H groups in total. The first-order chi connectivity index (χ1) is 10.8. The Morgan fingerprint density at radius 3 is 2.43 bits per heavy atom. The number of carbonyl (C=O) groups is 2. The van der Waals surface area contributed by atoms with Crippen molar-refractivity contribution in [1.82, 2.24) is 5.32 Å². The second-order valence-corrected chi connectivity index (χ2v) is 6.75. The van der Waals surface area contributed by atoms with E-state index in [-0.39, 0.29) is 17.4 Å². The van der Waals surface area contributed by atoms with Gasteiger partial charge in [0.15, 0.2) is 0 Å². The third kappa shape index (κ3) is 4.32. The molecule has 0 unspecified atom stereocenters. The van der Waals surface area contributed by atoms with E-state index in [0.717, 1.165) is 12.8 Å². The zero-order valence-electron chi connectivity index (χ0n) is 14.1. The van der Waals surface area contributed by atoms with E-state index in [1.165, 1.54) is 5.56 Å². The SMILES string of the molecule is CCC(C)(C)c1ccc(C(=O)NC[C@H]2CC[C@@H](C(N)=O)O2)cc1. The molecule has 0 aliphatic carbocycles. The van der Waals surface area contributed by atoms with Gasteiger partial charge in [0, 0.05) is 12.1 Å². The summed E-state index contributed by atoms with van der Waals surface area (Å²) in [6.07, 6.45) is 1.73. The monoisotopic (exact) mass is 318 g/mol. The van der Waals surface area contributed by atoms with Gasteiger partial charge in [0.1, 0.15) is 6.10 Å². The first-order valence-corrected chi connectivity index (χ1v) is 8.17. The first kappa shape index (κ1) is 17.5. The van der Waals surface area contributed by atoms with Crippen molar-refractivity contribution < 1.29 is 14.3 Å². The van der Waals surface area contributed by atoms with Crippen molar-refractivity contribution >= 4 is 11.8 Å². The third-order valence-corrected chi connectivity index (χ3v) is 4.73. The highest BCUT2D eigenvalue weighted by Crippen LogP contribution is 2.26. The summed E-state index contributed by atoms with van der Waals surface area (Å²) in [5.74, 6) is -0.565. The second kappa shape index (κ2) is 7.13. The number of hydrogen-bond acceptors (Lipinski definition) is 3.